The van der Waals surface area contributed by atoms with Crippen LogP contribution in [-0.4, -0.2) is 34.0 Å². The number of ether oxygens (including phenoxy) is 1. The third-order valence-corrected chi connectivity index (χ3v) is 5.16. The molecule has 3 aromatic rings. The number of aryl methyl sites for hydroxylation is 1. The number of halogens is 2. The Morgan fingerprint density at radius 3 is 2.87 bits per heavy atom. The molecule has 0 aliphatic carbocycles. The molecule has 1 aliphatic rings. The highest BCUT2D eigenvalue weighted by atomic mass is 19.1. The van der Waals surface area contributed by atoms with E-state index < -0.39 is 11.6 Å². The van der Waals surface area contributed by atoms with E-state index in [0.29, 0.717) is 30.0 Å². The van der Waals surface area contributed by atoms with Gasteiger partial charge in [0, 0.05) is 24.6 Å². The molecule has 30 heavy (non-hydrogen) atoms. The molecule has 0 saturated carbocycles. The van der Waals surface area contributed by atoms with Crippen LogP contribution in [0.2, 0.25) is 0 Å². The SMILES string of the molecule is Cc1ccc(C(=O)N2CCCC(c3noc(COc4ccccc4F)n3)C2)cc1F. The van der Waals surface area contributed by atoms with Gasteiger partial charge in [0.1, 0.15) is 5.82 Å². The third kappa shape index (κ3) is 4.32. The highest BCUT2D eigenvalue weighted by Crippen LogP contribution is 2.26. The molecule has 1 saturated heterocycles. The predicted octanol–water partition coefficient (Wildman–Crippen LogP) is 4.26. The van der Waals surface area contributed by atoms with Gasteiger partial charge in [-0.05, 0) is 49.6 Å². The van der Waals surface area contributed by atoms with Gasteiger partial charge in [0.2, 0.25) is 0 Å². The quantitative estimate of drug-likeness (QED) is 0.625. The van der Waals surface area contributed by atoms with E-state index in [4.69, 9.17) is 9.26 Å². The van der Waals surface area contributed by atoms with E-state index in [-0.39, 0.29) is 30.1 Å². The van der Waals surface area contributed by atoms with Gasteiger partial charge in [0.25, 0.3) is 11.8 Å². The van der Waals surface area contributed by atoms with Crippen LogP contribution in [0.3, 0.4) is 0 Å². The van der Waals surface area contributed by atoms with E-state index in [1.807, 2.05) is 0 Å². The van der Waals surface area contributed by atoms with Crippen molar-refractivity contribution in [3.05, 3.63) is 76.9 Å². The van der Waals surface area contributed by atoms with Gasteiger partial charge < -0.3 is 14.2 Å². The van der Waals surface area contributed by atoms with Gasteiger partial charge in [0.15, 0.2) is 24.0 Å². The second-order valence-electron chi connectivity index (χ2n) is 7.32. The minimum atomic E-state index is -0.466. The Morgan fingerprint density at radius 2 is 2.07 bits per heavy atom. The average Bonchev–Trinajstić information content (AvgIpc) is 3.24. The second-order valence-corrected chi connectivity index (χ2v) is 7.32. The lowest BCUT2D eigenvalue weighted by molar-refractivity contribution is 0.0703. The summed E-state index contributed by atoms with van der Waals surface area (Å²) in [5.74, 6) is -0.350. The van der Waals surface area contributed by atoms with Crippen molar-refractivity contribution in [3.8, 4) is 5.75 Å². The zero-order valence-electron chi connectivity index (χ0n) is 16.5. The van der Waals surface area contributed by atoms with Crippen LogP contribution in [-0.2, 0) is 6.61 Å². The van der Waals surface area contributed by atoms with Crippen LogP contribution in [0.5, 0.6) is 5.75 Å². The third-order valence-electron chi connectivity index (χ3n) is 5.16. The Labute approximate surface area is 172 Å². The number of likely N-dealkylation sites (tertiary alicyclic amines) is 1. The van der Waals surface area contributed by atoms with E-state index >= 15 is 0 Å². The summed E-state index contributed by atoms with van der Waals surface area (Å²) in [5, 5.41) is 4.01. The number of amides is 1. The van der Waals surface area contributed by atoms with Crippen molar-refractivity contribution in [2.75, 3.05) is 13.1 Å². The molecule has 6 nitrogen and oxygen atoms in total. The number of aromatic nitrogens is 2. The molecule has 1 fully saturated rings. The molecule has 0 spiro atoms. The van der Waals surface area contributed by atoms with Gasteiger partial charge in [-0.3, -0.25) is 4.79 Å². The molecule has 2 heterocycles. The van der Waals surface area contributed by atoms with Crippen molar-refractivity contribution in [2.24, 2.45) is 0 Å². The Balaban J connectivity index is 1.40. The summed E-state index contributed by atoms with van der Waals surface area (Å²) in [5.41, 5.74) is 0.825. The van der Waals surface area contributed by atoms with E-state index in [9.17, 15) is 13.6 Å². The first-order valence-electron chi connectivity index (χ1n) is 9.76. The van der Waals surface area contributed by atoms with E-state index in [2.05, 4.69) is 10.1 Å². The van der Waals surface area contributed by atoms with Gasteiger partial charge in [-0.25, -0.2) is 8.78 Å². The first kappa shape index (κ1) is 20.0. The Kier molecular flexibility index (Phi) is 5.74. The summed E-state index contributed by atoms with van der Waals surface area (Å²) in [6.07, 6.45) is 1.58. The lowest BCUT2D eigenvalue weighted by Gasteiger charge is -2.31. The van der Waals surface area contributed by atoms with Crippen molar-refractivity contribution in [3.63, 3.8) is 0 Å². The van der Waals surface area contributed by atoms with Crippen molar-refractivity contribution >= 4 is 5.91 Å². The lowest BCUT2D eigenvalue weighted by atomic mass is 9.96. The molecule has 1 unspecified atom stereocenters. The zero-order chi connectivity index (χ0) is 21.1. The van der Waals surface area contributed by atoms with Gasteiger partial charge in [-0.2, -0.15) is 4.98 Å². The van der Waals surface area contributed by atoms with Crippen LogP contribution in [0.25, 0.3) is 0 Å². The summed E-state index contributed by atoms with van der Waals surface area (Å²) in [7, 11) is 0. The van der Waals surface area contributed by atoms with Crippen LogP contribution in [0, 0.1) is 18.6 Å². The van der Waals surface area contributed by atoms with E-state index in [0.717, 1.165) is 12.8 Å². The maximum Gasteiger partial charge on any atom is 0.264 e. The number of rotatable bonds is 5. The topological polar surface area (TPSA) is 68.5 Å². The number of nitrogens with zero attached hydrogens (tertiary/aromatic N) is 3. The molecule has 2 aromatic carbocycles. The molecule has 1 aromatic heterocycles. The lowest BCUT2D eigenvalue weighted by Crippen LogP contribution is -2.39. The van der Waals surface area contributed by atoms with Crippen molar-refractivity contribution < 1.29 is 22.8 Å². The Bertz CT molecular complexity index is 1050. The van der Waals surface area contributed by atoms with Crippen LogP contribution < -0.4 is 4.74 Å². The molecule has 4 rings (SSSR count). The summed E-state index contributed by atoms with van der Waals surface area (Å²) < 4.78 is 38.1. The number of hydrogen-bond donors (Lipinski definition) is 0. The fourth-order valence-corrected chi connectivity index (χ4v) is 3.47. The predicted molar refractivity (Wildman–Crippen MR) is 104 cm³/mol. The molecule has 1 aliphatic heterocycles. The number of benzene rings is 2. The average molecular weight is 413 g/mol. The molecule has 0 radical (unpaired) electrons. The maximum absolute atomic E-state index is 13.8. The normalized spacial score (nSPS) is 16.5. The highest BCUT2D eigenvalue weighted by Gasteiger charge is 2.29. The summed E-state index contributed by atoms with van der Waals surface area (Å²) in [6, 6.07) is 10.6. The Hall–Kier alpha value is -3.29. The van der Waals surface area contributed by atoms with Gasteiger partial charge in [-0.1, -0.05) is 23.4 Å². The first-order chi connectivity index (χ1) is 14.5. The van der Waals surface area contributed by atoms with E-state index in [1.165, 1.54) is 18.2 Å². The molecule has 0 N–H and O–H groups in total. The van der Waals surface area contributed by atoms with Crippen LogP contribution in [0.4, 0.5) is 8.78 Å². The Morgan fingerprint density at radius 1 is 1.23 bits per heavy atom. The number of para-hydroxylation sites is 1. The largest absolute Gasteiger partial charge is 0.481 e. The fraction of sp³-hybridized carbons (Fsp3) is 0.318. The minimum Gasteiger partial charge on any atom is -0.481 e. The molecule has 1 atom stereocenters. The molecular weight excluding hydrogens is 392 g/mol. The molecule has 0 bridgehead atoms. The smallest absolute Gasteiger partial charge is 0.264 e. The minimum absolute atomic E-state index is 0.0497. The van der Waals surface area contributed by atoms with Crippen molar-refractivity contribution in [2.45, 2.75) is 32.3 Å². The van der Waals surface area contributed by atoms with Gasteiger partial charge in [0.05, 0.1) is 0 Å². The monoisotopic (exact) mass is 413 g/mol. The number of piperidine rings is 1. The summed E-state index contributed by atoms with van der Waals surface area (Å²) in [4.78, 5) is 18.8. The van der Waals surface area contributed by atoms with Crippen LogP contribution in [0.1, 0.15) is 46.4 Å². The number of carbonyl (C=O) groups is 1. The van der Waals surface area contributed by atoms with Crippen molar-refractivity contribution in [1.29, 1.82) is 0 Å². The van der Waals surface area contributed by atoms with E-state index in [1.54, 1.807) is 36.1 Å². The standard InChI is InChI=1S/C22H21F2N3O3/c1-14-8-9-15(11-18(14)24)22(28)27-10-4-5-16(12-27)21-25-20(30-26-21)13-29-19-7-3-2-6-17(19)23/h2-3,6-9,11,16H,4-5,10,12-13H2,1H3. The maximum atomic E-state index is 13.8. The highest BCUT2D eigenvalue weighted by molar-refractivity contribution is 5.94. The van der Waals surface area contributed by atoms with Crippen LogP contribution >= 0.6 is 0 Å². The van der Waals surface area contributed by atoms with Gasteiger partial charge in [-0.15, -0.1) is 0 Å². The zero-order valence-corrected chi connectivity index (χ0v) is 16.5. The second kappa shape index (κ2) is 8.61. The van der Waals surface area contributed by atoms with Gasteiger partial charge >= 0.3 is 0 Å². The molecule has 156 valence electrons. The number of hydrogen-bond acceptors (Lipinski definition) is 5. The first-order valence-corrected chi connectivity index (χ1v) is 9.76. The fourth-order valence-electron chi connectivity index (χ4n) is 3.47. The summed E-state index contributed by atoms with van der Waals surface area (Å²) in [6.45, 7) is 2.61. The summed E-state index contributed by atoms with van der Waals surface area (Å²) >= 11 is 0. The molecule has 8 heteroatoms. The van der Waals surface area contributed by atoms with Crippen LogP contribution in [0.15, 0.2) is 47.0 Å². The molecular formula is C22H21F2N3O3. The van der Waals surface area contributed by atoms with Crippen molar-refractivity contribution in [1.82, 2.24) is 15.0 Å². The number of carbonyl (C=O) groups excluding carboxylic acids is 1. The molecule has 1 amide bonds.